The molecule has 2 aromatic carbocycles. The molecule has 0 radical (unpaired) electrons. The standard InChI is InChI=1S/C23H20O8/c24-21(25)13-30-19-7-3-1-5-15(19)9-17-11-29-12-18(23(17)28)10-16-6-2-4-8-20(16)31-14-22(26)27/h1-10H,11-14H2,(H,24,25)(H,26,27)/b17-9+,18-10+. The number of hydrogen-bond donors (Lipinski definition) is 2. The number of aliphatic carboxylic acids is 2. The molecule has 0 bridgehead atoms. The maximum absolute atomic E-state index is 13.0. The van der Waals surface area contributed by atoms with Crippen LogP contribution in [-0.4, -0.2) is 54.4 Å². The molecule has 0 unspecified atom stereocenters. The molecule has 0 aromatic heterocycles. The molecule has 160 valence electrons. The van der Waals surface area contributed by atoms with Gasteiger partial charge in [0.1, 0.15) is 11.5 Å². The zero-order chi connectivity index (χ0) is 22.2. The van der Waals surface area contributed by atoms with Gasteiger partial charge in [0.15, 0.2) is 19.0 Å². The van der Waals surface area contributed by atoms with E-state index < -0.39 is 25.2 Å². The van der Waals surface area contributed by atoms with Gasteiger partial charge in [0.25, 0.3) is 0 Å². The summed E-state index contributed by atoms with van der Waals surface area (Å²) in [5.74, 6) is -1.75. The van der Waals surface area contributed by atoms with Crippen LogP contribution in [0.3, 0.4) is 0 Å². The molecule has 8 heteroatoms. The van der Waals surface area contributed by atoms with Crippen molar-refractivity contribution in [1.29, 1.82) is 0 Å². The van der Waals surface area contributed by atoms with E-state index in [0.717, 1.165) is 0 Å². The van der Waals surface area contributed by atoms with Crippen LogP contribution in [0.4, 0.5) is 0 Å². The van der Waals surface area contributed by atoms with E-state index in [9.17, 15) is 14.4 Å². The van der Waals surface area contributed by atoms with Gasteiger partial charge in [0.2, 0.25) is 0 Å². The van der Waals surface area contributed by atoms with Crippen LogP contribution in [-0.2, 0) is 19.1 Å². The SMILES string of the molecule is O=C(O)COc1ccccc1/C=C1\COC/C(=C\c2ccccc2OCC(=O)O)C1=O. The Morgan fingerprint density at radius 2 is 1.23 bits per heavy atom. The van der Waals surface area contributed by atoms with Crippen molar-refractivity contribution in [2.75, 3.05) is 26.4 Å². The molecule has 8 nitrogen and oxygen atoms in total. The first-order valence-corrected chi connectivity index (χ1v) is 9.35. The largest absolute Gasteiger partial charge is 0.481 e. The number of rotatable bonds is 8. The van der Waals surface area contributed by atoms with E-state index in [2.05, 4.69) is 0 Å². The van der Waals surface area contributed by atoms with Gasteiger partial charge in [0, 0.05) is 22.3 Å². The van der Waals surface area contributed by atoms with Gasteiger partial charge in [-0.05, 0) is 24.3 Å². The zero-order valence-corrected chi connectivity index (χ0v) is 16.4. The fourth-order valence-corrected chi connectivity index (χ4v) is 2.94. The third-order valence-electron chi connectivity index (χ3n) is 4.30. The molecule has 0 atom stereocenters. The van der Waals surface area contributed by atoms with Gasteiger partial charge in [-0.3, -0.25) is 4.79 Å². The van der Waals surface area contributed by atoms with E-state index in [4.69, 9.17) is 24.4 Å². The lowest BCUT2D eigenvalue weighted by atomic mass is 9.97. The second-order valence-electron chi connectivity index (χ2n) is 6.60. The van der Waals surface area contributed by atoms with Crippen LogP contribution in [0.15, 0.2) is 59.7 Å². The number of carboxylic acids is 2. The maximum Gasteiger partial charge on any atom is 0.341 e. The fraction of sp³-hybridized carbons (Fsp3) is 0.174. The second kappa shape index (κ2) is 10.2. The number of Topliss-reactive ketones (excluding diaryl/α,β-unsaturated/α-hetero) is 1. The number of carbonyl (C=O) groups excluding carboxylic acids is 1. The lowest BCUT2D eigenvalue weighted by molar-refractivity contribution is -0.140. The first kappa shape index (κ1) is 21.8. The summed E-state index contributed by atoms with van der Waals surface area (Å²) < 4.78 is 16.1. The molecule has 1 heterocycles. The van der Waals surface area contributed by atoms with Gasteiger partial charge >= 0.3 is 11.9 Å². The summed E-state index contributed by atoms with van der Waals surface area (Å²) in [6.45, 7) is -0.799. The number of ether oxygens (including phenoxy) is 3. The summed E-state index contributed by atoms with van der Waals surface area (Å²) >= 11 is 0. The molecule has 1 aliphatic heterocycles. The lowest BCUT2D eigenvalue weighted by Crippen LogP contribution is -2.22. The third kappa shape index (κ3) is 6.03. The molecule has 31 heavy (non-hydrogen) atoms. The van der Waals surface area contributed by atoms with E-state index in [1.54, 1.807) is 60.7 Å². The molecule has 0 amide bonds. The summed E-state index contributed by atoms with van der Waals surface area (Å²) in [5, 5.41) is 17.7. The highest BCUT2D eigenvalue weighted by molar-refractivity contribution is 6.14. The minimum absolute atomic E-state index is 0.0978. The molecule has 1 aliphatic rings. The molecule has 0 saturated carbocycles. The highest BCUT2D eigenvalue weighted by atomic mass is 16.5. The molecule has 3 rings (SSSR count). The summed E-state index contributed by atoms with van der Waals surface area (Å²) in [6.07, 6.45) is 3.22. The van der Waals surface area contributed by atoms with E-state index in [-0.39, 0.29) is 19.0 Å². The highest BCUT2D eigenvalue weighted by Crippen LogP contribution is 2.27. The van der Waals surface area contributed by atoms with Crippen LogP contribution in [0.25, 0.3) is 12.2 Å². The second-order valence-corrected chi connectivity index (χ2v) is 6.60. The van der Waals surface area contributed by atoms with Crippen molar-refractivity contribution in [3.05, 3.63) is 70.8 Å². The van der Waals surface area contributed by atoms with Gasteiger partial charge in [-0.1, -0.05) is 36.4 Å². The quantitative estimate of drug-likeness (QED) is 0.621. The average Bonchev–Trinajstić information content (AvgIpc) is 2.75. The lowest BCUT2D eigenvalue weighted by Gasteiger charge is -2.18. The summed E-state index contributed by atoms with van der Waals surface area (Å²) in [7, 11) is 0. The van der Waals surface area contributed by atoms with Crippen molar-refractivity contribution in [2.24, 2.45) is 0 Å². The minimum atomic E-state index is -1.10. The number of benzene rings is 2. The minimum Gasteiger partial charge on any atom is -0.481 e. The van der Waals surface area contributed by atoms with Crippen LogP contribution in [0.2, 0.25) is 0 Å². The molecule has 0 spiro atoms. The Morgan fingerprint density at radius 1 is 0.806 bits per heavy atom. The molecular weight excluding hydrogens is 404 g/mol. The Kier molecular flexibility index (Phi) is 7.18. The Hall–Kier alpha value is -3.91. The molecular formula is C23H20O8. The van der Waals surface area contributed by atoms with Crippen LogP contribution in [0.5, 0.6) is 11.5 Å². The van der Waals surface area contributed by atoms with E-state index in [0.29, 0.717) is 33.8 Å². The van der Waals surface area contributed by atoms with Gasteiger partial charge in [-0.15, -0.1) is 0 Å². The molecule has 2 aromatic rings. The normalized spacial score (nSPS) is 16.3. The average molecular weight is 424 g/mol. The zero-order valence-electron chi connectivity index (χ0n) is 16.4. The van der Waals surface area contributed by atoms with Crippen LogP contribution < -0.4 is 9.47 Å². The van der Waals surface area contributed by atoms with Gasteiger partial charge in [0.05, 0.1) is 13.2 Å². The monoisotopic (exact) mass is 424 g/mol. The maximum atomic E-state index is 13.0. The Morgan fingerprint density at radius 3 is 1.65 bits per heavy atom. The smallest absolute Gasteiger partial charge is 0.341 e. The van der Waals surface area contributed by atoms with Gasteiger partial charge in [-0.25, -0.2) is 9.59 Å². The number of para-hydroxylation sites is 2. The van der Waals surface area contributed by atoms with E-state index in [1.165, 1.54) is 0 Å². The molecule has 1 saturated heterocycles. The van der Waals surface area contributed by atoms with Crippen LogP contribution in [0.1, 0.15) is 11.1 Å². The molecule has 1 fully saturated rings. The Balaban J connectivity index is 1.86. The molecule has 0 aliphatic carbocycles. The summed E-state index contributed by atoms with van der Waals surface area (Å²) in [4.78, 5) is 34.6. The summed E-state index contributed by atoms with van der Waals surface area (Å²) in [5.41, 5.74) is 1.88. The Bertz CT molecular complexity index is 970. The molecule has 2 N–H and O–H groups in total. The van der Waals surface area contributed by atoms with Gasteiger partial charge in [-0.2, -0.15) is 0 Å². The van der Waals surface area contributed by atoms with E-state index in [1.807, 2.05) is 0 Å². The van der Waals surface area contributed by atoms with Crippen LogP contribution in [0, 0.1) is 0 Å². The number of hydrogen-bond acceptors (Lipinski definition) is 6. The van der Waals surface area contributed by atoms with Crippen molar-refractivity contribution < 1.29 is 38.8 Å². The first-order chi connectivity index (χ1) is 14.9. The number of carboxylic acid groups (broad SMARTS) is 2. The number of ketones is 1. The van der Waals surface area contributed by atoms with Crippen molar-refractivity contribution >= 4 is 29.9 Å². The third-order valence-corrected chi connectivity index (χ3v) is 4.30. The predicted octanol–water partition coefficient (Wildman–Crippen LogP) is 2.68. The van der Waals surface area contributed by atoms with Crippen molar-refractivity contribution in [3.8, 4) is 11.5 Å². The highest BCUT2D eigenvalue weighted by Gasteiger charge is 2.22. The predicted molar refractivity (Wildman–Crippen MR) is 111 cm³/mol. The van der Waals surface area contributed by atoms with E-state index >= 15 is 0 Å². The van der Waals surface area contributed by atoms with Gasteiger partial charge < -0.3 is 24.4 Å². The van der Waals surface area contributed by atoms with Crippen molar-refractivity contribution in [1.82, 2.24) is 0 Å². The van der Waals surface area contributed by atoms with Crippen molar-refractivity contribution in [3.63, 3.8) is 0 Å². The first-order valence-electron chi connectivity index (χ1n) is 9.35. The summed E-state index contributed by atoms with van der Waals surface area (Å²) in [6, 6.07) is 13.6. The Labute approximate surface area is 178 Å². The fourth-order valence-electron chi connectivity index (χ4n) is 2.94. The van der Waals surface area contributed by atoms with Crippen molar-refractivity contribution in [2.45, 2.75) is 0 Å². The van der Waals surface area contributed by atoms with Crippen LogP contribution >= 0.6 is 0 Å². The topological polar surface area (TPSA) is 119 Å². The number of carbonyl (C=O) groups is 3.